The average Bonchev–Trinajstić information content (AvgIpc) is 2.87. The van der Waals surface area contributed by atoms with Crippen molar-refractivity contribution in [3.63, 3.8) is 0 Å². The maximum atomic E-state index is 4.13. The summed E-state index contributed by atoms with van der Waals surface area (Å²) in [4.78, 5) is 8.12. The molecule has 82 valence electrons. The molecule has 3 rings (SSSR count). The summed E-state index contributed by atoms with van der Waals surface area (Å²) in [5.41, 5.74) is 1.93. The standard InChI is InChI=1S/C11H17N3S/c1-3-13-11-2-4-14(6-9(1)11)7-10-5-12-8-15-10/h5,8-9,11,13H,1-4,6-7H2. The van der Waals surface area contributed by atoms with Crippen molar-refractivity contribution in [2.45, 2.75) is 25.4 Å². The summed E-state index contributed by atoms with van der Waals surface area (Å²) in [6.45, 7) is 4.85. The van der Waals surface area contributed by atoms with Crippen molar-refractivity contribution in [2.75, 3.05) is 19.6 Å². The third-order valence-electron chi connectivity index (χ3n) is 3.60. The van der Waals surface area contributed by atoms with Crippen molar-refractivity contribution in [3.05, 3.63) is 16.6 Å². The predicted octanol–water partition coefficient (Wildman–Crippen LogP) is 1.33. The molecule has 2 aliphatic heterocycles. The molecule has 0 amide bonds. The first-order chi connectivity index (χ1) is 7.42. The number of fused-ring (bicyclic) bond motifs is 1. The van der Waals surface area contributed by atoms with Crippen molar-refractivity contribution in [3.8, 4) is 0 Å². The minimum Gasteiger partial charge on any atom is -0.314 e. The van der Waals surface area contributed by atoms with Crippen LogP contribution in [-0.4, -0.2) is 35.6 Å². The monoisotopic (exact) mass is 223 g/mol. The number of rotatable bonds is 2. The van der Waals surface area contributed by atoms with Crippen LogP contribution in [0, 0.1) is 5.92 Å². The third-order valence-corrected chi connectivity index (χ3v) is 4.37. The van der Waals surface area contributed by atoms with Gasteiger partial charge in [-0.25, -0.2) is 0 Å². The van der Waals surface area contributed by atoms with Crippen LogP contribution in [0.1, 0.15) is 17.7 Å². The first kappa shape index (κ1) is 9.75. The minimum absolute atomic E-state index is 0.808. The van der Waals surface area contributed by atoms with Gasteiger partial charge in [-0.3, -0.25) is 9.88 Å². The summed E-state index contributed by atoms with van der Waals surface area (Å²) in [5.74, 6) is 0.895. The van der Waals surface area contributed by atoms with Gasteiger partial charge in [0.25, 0.3) is 0 Å². The van der Waals surface area contributed by atoms with Gasteiger partial charge in [0.2, 0.25) is 0 Å². The van der Waals surface area contributed by atoms with Gasteiger partial charge in [-0.2, -0.15) is 0 Å². The Morgan fingerprint density at radius 3 is 3.40 bits per heavy atom. The molecule has 0 spiro atoms. The molecule has 0 aliphatic carbocycles. The zero-order valence-corrected chi connectivity index (χ0v) is 9.67. The number of likely N-dealkylation sites (tertiary alicyclic amines) is 1. The molecular weight excluding hydrogens is 206 g/mol. The molecule has 15 heavy (non-hydrogen) atoms. The normalized spacial score (nSPS) is 31.7. The van der Waals surface area contributed by atoms with Crippen molar-refractivity contribution in [1.82, 2.24) is 15.2 Å². The summed E-state index contributed by atoms with van der Waals surface area (Å²) < 4.78 is 0. The summed E-state index contributed by atoms with van der Waals surface area (Å²) in [6.07, 6.45) is 4.69. The lowest BCUT2D eigenvalue weighted by atomic mass is 9.93. The Labute approximate surface area is 94.5 Å². The number of piperidine rings is 1. The topological polar surface area (TPSA) is 28.2 Å². The fourth-order valence-electron chi connectivity index (χ4n) is 2.81. The maximum Gasteiger partial charge on any atom is 0.0794 e. The molecule has 2 fully saturated rings. The highest BCUT2D eigenvalue weighted by Crippen LogP contribution is 2.25. The van der Waals surface area contributed by atoms with Crippen LogP contribution >= 0.6 is 11.3 Å². The Balaban J connectivity index is 1.59. The molecule has 1 aromatic heterocycles. The van der Waals surface area contributed by atoms with Gasteiger partial charge in [-0.15, -0.1) is 11.3 Å². The van der Waals surface area contributed by atoms with Crippen LogP contribution < -0.4 is 5.32 Å². The summed E-state index contributed by atoms with van der Waals surface area (Å²) >= 11 is 1.77. The largest absolute Gasteiger partial charge is 0.314 e. The number of hydrogen-bond acceptors (Lipinski definition) is 4. The first-order valence-electron chi connectivity index (χ1n) is 5.75. The van der Waals surface area contributed by atoms with E-state index in [9.17, 15) is 0 Å². The van der Waals surface area contributed by atoms with E-state index in [2.05, 4.69) is 15.2 Å². The second-order valence-electron chi connectivity index (χ2n) is 4.60. The Kier molecular flexibility index (Phi) is 2.73. The van der Waals surface area contributed by atoms with Crippen LogP contribution in [-0.2, 0) is 6.54 Å². The van der Waals surface area contributed by atoms with Crippen molar-refractivity contribution in [2.24, 2.45) is 5.92 Å². The van der Waals surface area contributed by atoms with Gasteiger partial charge in [0.1, 0.15) is 0 Å². The summed E-state index contributed by atoms with van der Waals surface area (Å²) in [6, 6.07) is 0.808. The molecule has 0 saturated carbocycles. The van der Waals surface area contributed by atoms with E-state index in [1.165, 1.54) is 37.4 Å². The van der Waals surface area contributed by atoms with E-state index in [1.807, 2.05) is 11.7 Å². The van der Waals surface area contributed by atoms with Gasteiger partial charge >= 0.3 is 0 Å². The minimum atomic E-state index is 0.808. The van der Waals surface area contributed by atoms with E-state index in [-0.39, 0.29) is 0 Å². The molecule has 1 aromatic rings. The molecular formula is C11H17N3S. The number of thiazole rings is 1. The van der Waals surface area contributed by atoms with E-state index < -0.39 is 0 Å². The van der Waals surface area contributed by atoms with Crippen molar-refractivity contribution in [1.29, 1.82) is 0 Å². The zero-order chi connectivity index (χ0) is 10.1. The molecule has 2 saturated heterocycles. The highest BCUT2D eigenvalue weighted by Gasteiger charge is 2.32. The van der Waals surface area contributed by atoms with Gasteiger partial charge in [0.15, 0.2) is 0 Å². The second-order valence-corrected chi connectivity index (χ2v) is 5.57. The fraction of sp³-hybridized carbons (Fsp3) is 0.727. The van der Waals surface area contributed by atoms with Gasteiger partial charge in [0.05, 0.1) is 5.51 Å². The van der Waals surface area contributed by atoms with Crippen LogP contribution in [0.4, 0.5) is 0 Å². The van der Waals surface area contributed by atoms with Crippen molar-refractivity contribution < 1.29 is 0 Å². The Morgan fingerprint density at radius 2 is 2.53 bits per heavy atom. The van der Waals surface area contributed by atoms with Gasteiger partial charge in [-0.1, -0.05) is 0 Å². The van der Waals surface area contributed by atoms with Gasteiger partial charge in [0, 0.05) is 36.8 Å². The fourth-order valence-corrected chi connectivity index (χ4v) is 3.44. The summed E-state index contributed by atoms with van der Waals surface area (Å²) in [7, 11) is 0. The maximum absolute atomic E-state index is 4.13. The van der Waals surface area contributed by atoms with Gasteiger partial charge < -0.3 is 5.32 Å². The Bertz CT molecular complexity index is 312. The van der Waals surface area contributed by atoms with E-state index in [4.69, 9.17) is 0 Å². The molecule has 0 bridgehead atoms. The van der Waals surface area contributed by atoms with Crippen LogP contribution in [0.3, 0.4) is 0 Å². The van der Waals surface area contributed by atoms with Gasteiger partial charge in [-0.05, 0) is 25.3 Å². The lowest BCUT2D eigenvalue weighted by Crippen LogP contribution is -2.43. The van der Waals surface area contributed by atoms with E-state index in [1.54, 1.807) is 11.3 Å². The molecule has 3 nitrogen and oxygen atoms in total. The quantitative estimate of drug-likeness (QED) is 0.820. The van der Waals surface area contributed by atoms with Crippen LogP contribution in [0.25, 0.3) is 0 Å². The number of hydrogen-bond donors (Lipinski definition) is 1. The molecule has 4 heteroatoms. The predicted molar refractivity (Wildman–Crippen MR) is 61.9 cm³/mol. The van der Waals surface area contributed by atoms with Crippen LogP contribution in [0.15, 0.2) is 11.7 Å². The zero-order valence-electron chi connectivity index (χ0n) is 8.85. The summed E-state index contributed by atoms with van der Waals surface area (Å²) in [5, 5.41) is 3.60. The molecule has 3 heterocycles. The third kappa shape index (κ3) is 2.07. The van der Waals surface area contributed by atoms with Crippen LogP contribution in [0.2, 0.25) is 0 Å². The number of aromatic nitrogens is 1. The highest BCUT2D eigenvalue weighted by atomic mass is 32.1. The number of nitrogens with zero attached hydrogens (tertiary/aromatic N) is 2. The van der Waals surface area contributed by atoms with E-state index >= 15 is 0 Å². The molecule has 0 aromatic carbocycles. The molecule has 2 atom stereocenters. The SMILES string of the molecule is c1ncc(CN2CCC3NCCC3C2)s1. The first-order valence-corrected chi connectivity index (χ1v) is 6.63. The average molecular weight is 223 g/mol. The van der Waals surface area contributed by atoms with Crippen molar-refractivity contribution >= 4 is 11.3 Å². The number of nitrogens with one attached hydrogen (secondary N) is 1. The van der Waals surface area contributed by atoms with Crippen LogP contribution in [0.5, 0.6) is 0 Å². The molecule has 2 unspecified atom stereocenters. The smallest absolute Gasteiger partial charge is 0.0794 e. The highest BCUT2D eigenvalue weighted by molar-refractivity contribution is 7.09. The molecule has 0 radical (unpaired) electrons. The lowest BCUT2D eigenvalue weighted by Gasteiger charge is -2.34. The molecule has 1 N–H and O–H groups in total. The lowest BCUT2D eigenvalue weighted by molar-refractivity contribution is 0.157. The Hall–Kier alpha value is -0.450. The second kappa shape index (κ2) is 4.20. The van der Waals surface area contributed by atoms with E-state index in [0.717, 1.165) is 18.5 Å². The Morgan fingerprint density at radius 1 is 1.53 bits per heavy atom. The molecule has 2 aliphatic rings. The van der Waals surface area contributed by atoms with E-state index in [0.29, 0.717) is 0 Å².